The second-order valence-corrected chi connectivity index (χ2v) is 9.07. The van der Waals surface area contributed by atoms with Crippen molar-refractivity contribution in [3.05, 3.63) is 54.6 Å². The second-order valence-electron chi connectivity index (χ2n) is 9.07. The van der Waals surface area contributed by atoms with Gasteiger partial charge < -0.3 is 18.9 Å². The highest BCUT2D eigenvalue weighted by molar-refractivity contribution is 5.91. The Morgan fingerprint density at radius 3 is 2.44 bits per heavy atom. The number of carbonyl (C=O) groups is 1. The molecule has 0 bridgehead atoms. The summed E-state index contributed by atoms with van der Waals surface area (Å²) >= 11 is 0. The van der Waals surface area contributed by atoms with Crippen LogP contribution < -0.4 is 5.32 Å². The van der Waals surface area contributed by atoms with Gasteiger partial charge in [-0.05, 0) is 31.4 Å². The predicted octanol–water partition coefficient (Wildman–Crippen LogP) is 4.48. The molecule has 0 atom stereocenters. The van der Waals surface area contributed by atoms with Gasteiger partial charge >= 0.3 is 6.09 Å². The van der Waals surface area contributed by atoms with Crippen LogP contribution in [-0.2, 0) is 9.47 Å². The van der Waals surface area contributed by atoms with E-state index in [9.17, 15) is 4.79 Å². The van der Waals surface area contributed by atoms with Gasteiger partial charge in [0.2, 0.25) is 0 Å². The molecule has 2 aromatic rings. The highest BCUT2D eigenvalue weighted by Crippen LogP contribution is 2.28. The van der Waals surface area contributed by atoms with E-state index in [0.717, 1.165) is 80.1 Å². The van der Waals surface area contributed by atoms with Crippen LogP contribution in [0.3, 0.4) is 0 Å². The number of likely N-dealkylation sites (N-methyl/N-ethyl adjacent to an activating group) is 1. The Labute approximate surface area is 192 Å². The summed E-state index contributed by atoms with van der Waals surface area (Å²) in [5.41, 5.74) is 2.82. The van der Waals surface area contributed by atoms with Gasteiger partial charge in [-0.25, -0.2) is 4.79 Å². The summed E-state index contributed by atoms with van der Waals surface area (Å²) in [6, 6.07) is 17.9. The number of hydrogen-bond donors (Lipinski definition) is 1. The van der Waals surface area contributed by atoms with Crippen molar-refractivity contribution < 1.29 is 18.8 Å². The third-order valence-corrected chi connectivity index (χ3v) is 6.31. The third kappa shape index (κ3) is 7.62. The molecule has 2 aromatic carbocycles. The van der Waals surface area contributed by atoms with E-state index in [1.54, 1.807) is 0 Å². The van der Waals surface area contributed by atoms with Gasteiger partial charge in [0.05, 0.1) is 39.5 Å². The number of amides is 1. The molecule has 1 saturated heterocycles. The van der Waals surface area contributed by atoms with Crippen LogP contribution in [0.5, 0.6) is 0 Å². The first-order chi connectivity index (χ1) is 15.5. The number of benzene rings is 2. The molecule has 1 fully saturated rings. The molecule has 6 nitrogen and oxygen atoms in total. The van der Waals surface area contributed by atoms with Crippen LogP contribution in [0.15, 0.2) is 54.6 Å². The standard InChI is InChI=1S/C26H37N3O3/c1-4-29(2,3)19-21-31-20-18-28-16-14-23(15-17-28)32-26(30)27-25-13-9-8-12-24(25)22-10-6-5-7-11-22/h5-13,23H,4,14-21H2,1-3H3/p+1. The average Bonchev–Trinajstić information content (AvgIpc) is 2.81. The van der Waals surface area contributed by atoms with Crippen molar-refractivity contribution in [3.63, 3.8) is 0 Å². The molecule has 0 radical (unpaired) electrons. The molecule has 0 spiro atoms. The molecule has 6 heteroatoms. The zero-order chi connectivity index (χ0) is 22.8. The summed E-state index contributed by atoms with van der Waals surface area (Å²) in [6.07, 6.45) is 1.28. The normalized spacial score (nSPS) is 15.5. The van der Waals surface area contributed by atoms with Gasteiger partial charge in [-0.2, -0.15) is 0 Å². The number of para-hydroxylation sites is 1. The number of anilines is 1. The van der Waals surface area contributed by atoms with E-state index in [0.29, 0.717) is 0 Å². The van der Waals surface area contributed by atoms with Gasteiger partial charge in [-0.15, -0.1) is 0 Å². The lowest BCUT2D eigenvalue weighted by Crippen LogP contribution is -2.42. The minimum Gasteiger partial charge on any atom is -0.446 e. The number of likely N-dealkylation sites (tertiary alicyclic amines) is 1. The molecule has 1 amide bonds. The maximum atomic E-state index is 12.5. The summed E-state index contributed by atoms with van der Waals surface area (Å²) < 4.78 is 12.5. The molecular weight excluding hydrogens is 402 g/mol. The topological polar surface area (TPSA) is 50.8 Å². The molecular formula is C26H38N3O3+. The van der Waals surface area contributed by atoms with E-state index in [4.69, 9.17) is 9.47 Å². The van der Waals surface area contributed by atoms with Crippen LogP contribution in [0.25, 0.3) is 11.1 Å². The highest BCUT2D eigenvalue weighted by atomic mass is 16.6. The Kier molecular flexibility index (Phi) is 9.09. The van der Waals surface area contributed by atoms with Crippen molar-refractivity contribution in [3.8, 4) is 11.1 Å². The molecule has 32 heavy (non-hydrogen) atoms. The molecule has 0 aliphatic carbocycles. The van der Waals surface area contributed by atoms with Crippen molar-refractivity contribution in [1.82, 2.24) is 4.90 Å². The monoisotopic (exact) mass is 440 g/mol. The van der Waals surface area contributed by atoms with Crippen molar-refractivity contribution >= 4 is 11.8 Å². The quantitative estimate of drug-likeness (QED) is 0.437. The minimum absolute atomic E-state index is 0.0429. The number of nitrogens with zero attached hydrogens (tertiary/aromatic N) is 2. The van der Waals surface area contributed by atoms with Crippen LogP contribution in [0.4, 0.5) is 10.5 Å². The fraction of sp³-hybridized carbons (Fsp3) is 0.500. The van der Waals surface area contributed by atoms with Crippen LogP contribution in [0.2, 0.25) is 0 Å². The maximum Gasteiger partial charge on any atom is 0.411 e. The average molecular weight is 441 g/mol. The lowest BCUT2D eigenvalue weighted by atomic mass is 10.0. The van der Waals surface area contributed by atoms with Gasteiger partial charge in [0.1, 0.15) is 12.6 Å². The number of hydrogen-bond acceptors (Lipinski definition) is 4. The summed E-state index contributed by atoms with van der Waals surface area (Å²) in [5, 5.41) is 2.94. The molecule has 1 aliphatic rings. The molecule has 1 heterocycles. The number of rotatable bonds is 10. The smallest absolute Gasteiger partial charge is 0.411 e. The first-order valence-electron chi connectivity index (χ1n) is 11.7. The van der Waals surface area contributed by atoms with Gasteiger partial charge in [0.25, 0.3) is 0 Å². The van der Waals surface area contributed by atoms with Crippen molar-refractivity contribution in [2.24, 2.45) is 0 Å². The summed E-state index contributed by atoms with van der Waals surface area (Å²) in [5.74, 6) is 0. The molecule has 0 aromatic heterocycles. The lowest BCUT2D eigenvalue weighted by molar-refractivity contribution is -0.888. The number of quaternary nitrogens is 1. The van der Waals surface area contributed by atoms with E-state index < -0.39 is 0 Å². The molecule has 0 saturated carbocycles. The molecule has 174 valence electrons. The number of ether oxygens (including phenoxy) is 2. The van der Waals surface area contributed by atoms with E-state index in [2.05, 4.69) is 31.2 Å². The fourth-order valence-corrected chi connectivity index (χ4v) is 3.77. The summed E-state index contributed by atoms with van der Waals surface area (Å²) in [7, 11) is 4.45. The van der Waals surface area contributed by atoms with Gasteiger partial charge in [-0.3, -0.25) is 5.32 Å². The predicted molar refractivity (Wildman–Crippen MR) is 130 cm³/mol. The van der Waals surface area contributed by atoms with Crippen molar-refractivity contribution in [2.75, 3.05) is 65.3 Å². The van der Waals surface area contributed by atoms with Gasteiger partial charge in [0, 0.05) is 25.2 Å². The van der Waals surface area contributed by atoms with Crippen LogP contribution in [-0.4, -0.2) is 81.6 Å². The Morgan fingerprint density at radius 2 is 1.72 bits per heavy atom. The number of carbonyl (C=O) groups excluding carboxylic acids is 1. The third-order valence-electron chi connectivity index (χ3n) is 6.31. The van der Waals surface area contributed by atoms with Crippen LogP contribution in [0.1, 0.15) is 19.8 Å². The first kappa shape index (κ1) is 24.2. The Hall–Kier alpha value is -2.41. The SMILES string of the molecule is CC[N+](C)(C)CCOCCN1CCC(OC(=O)Nc2ccccc2-c2ccccc2)CC1. The highest BCUT2D eigenvalue weighted by Gasteiger charge is 2.22. The van der Waals surface area contributed by atoms with Gasteiger partial charge in [-0.1, -0.05) is 48.5 Å². The van der Waals surface area contributed by atoms with Gasteiger partial charge in [0.15, 0.2) is 0 Å². The zero-order valence-corrected chi connectivity index (χ0v) is 19.8. The summed E-state index contributed by atoms with van der Waals surface area (Å²) in [6.45, 7) is 8.70. The molecule has 1 N–H and O–H groups in total. The van der Waals surface area contributed by atoms with E-state index in [1.807, 2.05) is 54.6 Å². The van der Waals surface area contributed by atoms with E-state index >= 15 is 0 Å². The van der Waals surface area contributed by atoms with E-state index in [-0.39, 0.29) is 12.2 Å². The molecule has 1 aliphatic heterocycles. The maximum absolute atomic E-state index is 12.5. The lowest BCUT2D eigenvalue weighted by Gasteiger charge is -2.32. The van der Waals surface area contributed by atoms with E-state index in [1.165, 1.54) is 0 Å². The Balaban J connectivity index is 1.38. The largest absolute Gasteiger partial charge is 0.446 e. The Morgan fingerprint density at radius 1 is 1.03 bits per heavy atom. The van der Waals surface area contributed by atoms with Crippen molar-refractivity contribution in [1.29, 1.82) is 0 Å². The minimum atomic E-state index is -0.383. The fourth-order valence-electron chi connectivity index (χ4n) is 3.77. The van der Waals surface area contributed by atoms with Crippen LogP contribution in [0, 0.1) is 0 Å². The molecule has 0 unspecified atom stereocenters. The number of piperidine rings is 1. The molecule has 3 rings (SSSR count). The zero-order valence-electron chi connectivity index (χ0n) is 19.8. The van der Waals surface area contributed by atoms with Crippen LogP contribution >= 0.6 is 0 Å². The first-order valence-corrected chi connectivity index (χ1v) is 11.7. The second kappa shape index (κ2) is 12.0. The number of nitrogens with one attached hydrogen (secondary N) is 1. The Bertz CT molecular complexity index is 833. The summed E-state index contributed by atoms with van der Waals surface area (Å²) in [4.78, 5) is 14.9. The van der Waals surface area contributed by atoms with Crippen molar-refractivity contribution in [2.45, 2.75) is 25.9 Å².